The fourth-order valence-corrected chi connectivity index (χ4v) is 1.77. The van der Waals surface area contributed by atoms with E-state index in [0.717, 1.165) is 5.56 Å². The van der Waals surface area contributed by atoms with Gasteiger partial charge in [-0.3, -0.25) is 0 Å². The third-order valence-electron chi connectivity index (χ3n) is 2.93. The highest BCUT2D eigenvalue weighted by molar-refractivity contribution is 5.91. The van der Waals surface area contributed by atoms with Gasteiger partial charge < -0.3 is 14.6 Å². The highest BCUT2D eigenvalue weighted by Gasteiger charge is 2.12. The molecule has 4 heteroatoms. The van der Waals surface area contributed by atoms with Crippen LogP contribution in [0.15, 0.2) is 42.5 Å². The van der Waals surface area contributed by atoms with E-state index in [1.807, 2.05) is 31.2 Å². The van der Waals surface area contributed by atoms with Gasteiger partial charge in [-0.25, -0.2) is 4.79 Å². The number of carbonyl (C=O) groups is 1. The summed E-state index contributed by atoms with van der Waals surface area (Å²) < 4.78 is 10.7. The quantitative estimate of drug-likeness (QED) is 0.907. The van der Waals surface area contributed by atoms with Crippen molar-refractivity contribution in [3.05, 3.63) is 59.2 Å². The molecule has 4 nitrogen and oxygen atoms in total. The second kappa shape index (κ2) is 6.10. The van der Waals surface area contributed by atoms with Crippen LogP contribution in [0.4, 0.5) is 0 Å². The molecule has 0 radical (unpaired) electrons. The first-order valence-corrected chi connectivity index (χ1v) is 6.20. The summed E-state index contributed by atoms with van der Waals surface area (Å²) in [6.07, 6.45) is 0. The van der Waals surface area contributed by atoms with E-state index < -0.39 is 5.97 Å². The van der Waals surface area contributed by atoms with Crippen LogP contribution in [0, 0.1) is 6.92 Å². The summed E-state index contributed by atoms with van der Waals surface area (Å²) in [5, 5.41) is 9.14. The molecule has 0 aliphatic rings. The van der Waals surface area contributed by atoms with E-state index in [9.17, 15) is 4.79 Å². The topological polar surface area (TPSA) is 55.8 Å². The monoisotopic (exact) mass is 272 g/mol. The van der Waals surface area contributed by atoms with E-state index in [2.05, 4.69) is 0 Å². The van der Waals surface area contributed by atoms with E-state index in [1.165, 1.54) is 18.7 Å². The third kappa shape index (κ3) is 3.29. The fraction of sp³-hybridized carbons (Fsp3) is 0.188. The maximum Gasteiger partial charge on any atom is 0.339 e. The normalized spacial score (nSPS) is 10.1. The van der Waals surface area contributed by atoms with Crippen LogP contribution in [0.2, 0.25) is 0 Å². The largest absolute Gasteiger partial charge is 0.497 e. The molecule has 0 aromatic heterocycles. The molecule has 0 aliphatic heterocycles. The predicted octanol–water partition coefficient (Wildman–Crippen LogP) is 3.28. The molecule has 0 aliphatic carbocycles. The highest BCUT2D eigenvalue weighted by atomic mass is 16.5. The zero-order valence-corrected chi connectivity index (χ0v) is 11.4. The number of hydrogen-bond donors (Lipinski definition) is 1. The lowest BCUT2D eigenvalue weighted by Gasteiger charge is -2.11. The number of rotatable bonds is 5. The van der Waals surface area contributed by atoms with Crippen molar-refractivity contribution in [1.29, 1.82) is 0 Å². The molecule has 1 N–H and O–H groups in total. The van der Waals surface area contributed by atoms with Crippen LogP contribution in [0.3, 0.4) is 0 Å². The molecule has 2 rings (SSSR count). The molecular formula is C16H16O4. The first-order chi connectivity index (χ1) is 9.60. The lowest BCUT2D eigenvalue weighted by Crippen LogP contribution is -2.03. The van der Waals surface area contributed by atoms with Gasteiger partial charge in [0, 0.05) is 6.07 Å². The second-order valence-electron chi connectivity index (χ2n) is 4.44. The number of aryl methyl sites for hydroxylation is 1. The van der Waals surface area contributed by atoms with Gasteiger partial charge in [0.2, 0.25) is 0 Å². The van der Waals surface area contributed by atoms with Crippen LogP contribution in [0.1, 0.15) is 21.5 Å². The minimum Gasteiger partial charge on any atom is -0.497 e. The minimum atomic E-state index is -1.02. The van der Waals surface area contributed by atoms with Crippen LogP contribution < -0.4 is 9.47 Å². The number of aromatic carboxylic acids is 1. The smallest absolute Gasteiger partial charge is 0.339 e. The maximum atomic E-state index is 11.2. The lowest BCUT2D eigenvalue weighted by atomic mass is 10.1. The summed E-state index contributed by atoms with van der Waals surface area (Å²) in [6, 6.07) is 12.5. The Morgan fingerprint density at radius 3 is 2.45 bits per heavy atom. The molecule has 2 aromatic rings. The molecule has 20 heavy (non-hydrogen) atoms. The number of methoxy groups -OCH3 is 1. The van der Waals surface area contributed by atoms with Crippen molar-refractivity contribution in [1.82, 2.24) is 0 Å². The Morgan fingerprint density at radius 2 is 1.85 bits per heavy atom. The van der Waals surface area contributed by atoms with Crippen molar-refractivity contribution < 1.29 is 19.4 Å². The van der Waals surface area contributed by atoms with E-state index >= 15 is 0 Å². The summed E-state index contributed by atoms with van der Waals surface area (Å²) in [7, 11) is 1.53. The van der Waals surface area contributed by atoms with Gasteiger partial charge >= 0.3 is 5.97 Å². The average molecular weight is 272 g/mol. The molecule has 0 heterocycles. The van der Waals surface area contributed by atoms with Gasteiger partial charge in [-0.15, -0.1) is 0 Å². The van der Waals surface area contributed by atoms with Crippen molar-refractivity contribution >= 4 is 5.97 Å². The number of hydrogen-bond acceptors (Lipinski definition) is 3. The van der Waals surface area contributed by atoms with Gasteiger partial charge in [-0.05, 0) is 24.6 Å². The van der Waals surface area contributed by atoms with Crippen LogP contribution in [-0.4, -0.2) is 18.2 Å². The van der Waals surface area contributed by atoms with Gasteiger partial charge in [0.15, 0.2) is 0 Å². The van der Waals surface area contributed by atoms with Crippen molar-refractivity contribution in [3.63, 3.8) is 0 Å². The summed E-state index contributed by atoms with van der Waals surface area (Å²) in [5.41, 5.74) is 2.27. The van der Waals surface area contributed by atoms with E-state index in [0.29, 0.717) is 18.1 Å². The average Bonchev–Trinajstić information content (AvgIpc) is 2.46. The zero-order chi connectivity index (χ0) is 14.5. The van der Waals surface area contributed by atoms with Crippen molar-refractivity contribution in [2.24, 2.45) is 0 Å². The molecule has 0 bridgehead atoms. The summed E-state index contributed by atoms with van der Waals surface area (Å²) in [6.45, 7) is 2.32. The molecule has 0 amide bonds. The Morgan fingerprint density at radius 1 is 1.15 bits per heavy atom. The third-order valence-corrected chi connectivity index (χ3v) is 2.93. The molecule has 2 aromatic carbocycles. The van der Waals surface area contributed by atoms with Gasteiger partial charge in [-0.2, -0.15) is 0 Å². The SMILES string of the molecule is COc1ccc(C(=O)O)c(OCc2ccc(C)cc2)c1. The summed E-state index contributed by atoms with van der Waals surface area (Å²) in [5.74, 6) is -0.155. The first kappa shape index (κ1) is 13.9. The molecule has 0 spiro atoms. The number of benzene rings is 2. The molecule has 0 atom stereocenters. The number of ether oxygens (including phenoxy) is 2. The molecule has 0 unspecified atom stereocenters. The van der Waals surface area contributed by atoms with Crippen LogP contribution >= 0.6 is 0 Å². The van der Waals surface area contributed by atoms with Crippen molar-refractivity contribution in [3.8, 4) is 11.5 Å². The zero-order valence-electron chi connectivity index (χ0n) is 11.4. The lowest BCUT2D eigenvalue weighted by molar-refractivity contribution is 0.0691. The standard InChI is InChI=1S/C16H16O4/c1-11-3-5-12(6-4-11)10-20-15-9-13(19-2)7-8-14(15)16(17)18/h3-9H,10H2,1-2H3,(H,17,18). The van der Waals surface area contributed by atoms with Gasteiger partial charge in [0.25, 0.3) is 0 Å². The molecule has 104 valence electrons. The van der Waals surface area contributed by atoms with Gasteiger partial charge in [0.05, 0.1) is 7.11 Å². The summed E-state index contributed by atoms with van der Waals surface area (Å²) in [4.78, 5) is 11.2. The Balaban J connectivity index is 2.18. The fourth-order valence-electron chi connectivity index (χ4n) is 1.77. The maximum absolute atomic E-state index is 11.2. The Bertz CT molecular complexity index is 602. The molecule has 0 fully saturated rings. The van der Waals surface area contributed by atoms with E-state index in [1.54, 1.807) is 12.1 Å². The van der Waals surface area contributed by atoms with Crippen molar-refractivity contribution in [2.75, 3.05) is 7.11 Å². The van der Waals surface area contributed by atoms with E-state index in [-0.39, 0.29) is 5.56 Å². The van der Waals surface area contributed by atoms with Crippen LogP contribution in [-0.2, 0) is 6.61 Å². The molecule has 0 saturated heterocycles. The Hall–Kier alpha value is -2.49. The number of carboxylic acids is 1. The van der Waals surface area contributed by atoms with Crippen LogP contribution in [0.5, 0.6) is 11.5 Å². The second-order valence-corrected chi connectivity index (χ2v) is 4.44. The van der Waals surface area contributed by atoms with E-state index in [4.69, 9.17) is 14.6 Å². The first-order valence-electron chi connectivity index (χ1n) is 6.20. The van der Waals surface area contributed by atoms with Crippen molar-refractivity contribution in [2.45, 2.75) is 13.5 Å². The van der Waals surface area contributed by atoms with Gasteiger partial charge in [0.1, 0.15) is 23.7 Å². The van der Waals surface area contributed by atoms with Gasteiger partial charge in [-0.1, -0.05) is 29.8 Å². The minimum absolute atomic E-state index is 0.123. The summed E-state index contributed by atoms with van der Waals surface area (Å²) >= 11 is 0. The number of carboxylic acid groups (broad SMARTS) is 1. The highest BCUT2D eigenvalue weighted by Crippen LogP contribution is 2.25. The van der Waals surface area contributed by atoms with Crippen LogP contribution in [0.25, 0.3) is 0 Å². The molecule has 0 saturated carbocycles. The Kier molecular flexibility index (Phi) is 4.25. The predicted molar refractivity (Wildman–Crippen MR) is 75.5 cm³/mol. The molecular weight excluding hydrogens is 256 g/mol. The Labute approximate surface area is 117 Å².